The van der Waals surface area contributed by atoms with Gasteiger partial charge >= 0.3 is 0 Å². The molecule has 3 heterocycles. The van der Waals surface area contributed by atoms with E-state index in [4.69, 9.17) is 9.73 Å². The number of anilines is 1. The summed E-state index contributed by atoms with van der Waals surface area (Å²) in [7, 11) is 1.88. The molecule has 2 unspecified atom stereocenters. The highest BCUT2D eigenvalue weighted by molar-refractivity contribution is 6.00. The van der Waals surface area contributed by atoms with Crippen LogP contribution in [0, 0.1) is 12.8 Å². The van der Waals surface area contributed by atoms with Gasteiger partial charge in [0.2, 0.25) is 5.96 Å². The summed E-state index contributed by atoms with van der Waals surface area (Å²) in [5, 5.41) is 7.36. The van der Waals surface area contributed by atoms with Crippen molar-refractivity contribution in [1.29, 1.82) is 0 Å². The van der Waals surface area contributed by atoms with Crippen molar-refractivity contribution < 1.29 is 4.74 Å². The predicted molar refractivity (Wildman–Crippen MR) is 91.9 cm³/mol. The minimum atomic E-state index is -0.270. The van der Waals surface area contributed by atoms with Crippen molar-refractivity contribution in [2.24, 2.45) is 23.0 Å². The zero-order valence-corrected chi connectivity index (χ0v) is 14.1. The maximum absolute atomic E-state index is 5.43. The van der Waals surface area contributed by atoms with E-state index in [1.807, 2.05) is 19.3 Å². The second-order valence-electron chi connectivity index (χ2n) is 6.57. The first-order chi connectivity index (χ1) is 11.0. The first kappa shape index (κ1) is 16.1. The van der Waals surface area contributed by atoms with Gasteiger partial charge in [0.15, 0.2) is 0 Å². The van der Waals surface area contributed by atoms with Gasteiger partial charge in [-0.05, 0) is 20.8 Å². The molecule has 0 bridgehead atoms. The summed E-state index contributed by atoms with van der Waals surface area (Å²) in [6.07, 6.45) is 3.73. The molecule has 7 heteroatoms. The van der Waals surface area contributed by atoms with Crippen LogP contribution in [0.4, 0.5) is 5.82 Å². The van der Waals surface area contributed by atoms with E-state index in [0.717, 1.165) is 32.1 Å². The third kappa shape index (κ3) is 3.45. The number of guanidine groups is 1. The van der Waals surface area contributed by atoms with E-state index in [0.29, 0.717) is 5.96 Å². The van der Waals surface area contributed by atoms with Crippen molar-refractivity contribution in [2.75, 3.05) is 31.6 Å². The van der Waals surface area contributed by atoms with E-state index < -0.39 is 0 Å². The molecule has 7 nitrogen and oxygen atoms in total. The third-order valence-electron chi connectivity index (χ3n) is 4.56. The van der Waals surface area contributed by atoms with Crippen molar-refractivity contribution in [3.8, 4) is 0 Å². The lowest BCUT2D eigenvalue weighted by Gasteiger charge is -2.41. The van der Waals surface area contributed by atoms with Crippen LogP contribution >= 0.6 is 0 Å². The Labute approximate surface area is 137 Å². The molecule has 1 fully saturated rings. The molecule has 1 radical (unpaired) electrons. The molecule has 23 heavy (non-hydrogen) atoms. The Kier molecular flexibility index (Phi) is 4.50. The van der Waals surface area contributed by atoms with E-state index in [2.05, 4.69) is 41.1 Å². The molecule has 2 aliphatic rings. The van der Waals surface area contributed by atoms with Gasteiger partial charge in [-0.15, -0.1) is 0 Å². The zero-order chi connectivity index (χ0) is 16.4. The maximum atomic E-state index is 5.43. The normalized spacial score (nSPS) is 25.9. The van der Waals surface area contributed by atoms with Crippen LogP contribution in [0.15, 0.2) is 22.2 Å². The van der Waals surface area contributed by atoms with E-state index >= 15 is 0 Å². The van der Waals surface area contributed by atoms with Crippen LogP contribution in [0.5, 0.6) is 0 Å². The number of nitrogens with zero attached hydrogens (tertiary/aromatic N) is 5. The fourth-order valence-corrected chi connectivity index (χ4v) is 3.09. The van der Waals surface area contributed by atoms with Gasteiger partial charge < -0.3 is 10.1 Å². The summed E-state index contributed by atoms with van der Waals surface area (Å²) in [4.78, 5) is 11.7. The van der Waals surface area contributed by atoms with E-state index in [-0.39, 0.29) is 17.5 Å². The summed E-state index contributed by atoms with van der Waals surface area (Å²) in [6, 6.07) is 2.04. The number of aryl methyl sites for hydroxylation is 1. The summed E-state index contributed by atoms with van der Waals surface area (Å²) in [5.41, 5.74) is -0.270. The molecule has 2 aliphatic heterocycles. The molecule has 1 N–H and O–H groups in total. The molecule has 0 aliphatic carbocycles. The number of aliphatic imine (C=N–C) groups is 2. The van der Waals surface area contributed by atoms with Gasteiger partial charge in [-0.3, -0.25) is 9.58 Å². The quantitative estimate of drug-likeness (QED) is 0.910. The van der Waals surface area contributed by atoms with Crippen LogP contribution in [0.1, 0.15) is 13.8 Å². The van der Waals surface area contributed by atoms with Crippen molar-refractivity contribution in [3.05, 3.63) is 19.2 Å². The summed E-state index contributed by atoms with van der Waals surface area (Å²) in [6.45, 7) is 12.0. The number of rotatable bonds is 3. The lowest BCUT2D eigenvalue weighted by Crippen LogP contribution is -2.52. The predicted octanol–water partition coefficient (Wildman–Crippen LogP) is 1.20. The fourth-order valence-electron chi connectivity index (χ4n) is 3.09. The average Bonchev–Trinajstić information content (AvgIpc) is 2.92. The Morgan fingerprint density at radius 2 is 2.13 bits per heavy atom. The Morgan fingerprint density at radius 1 is 1.39 bits per heavy atom. The number of hydrogen-bond acceptors (Lipinski definition) is 6. The monoisotopic (exact) mass is 317 g/mol. The zero-order valence-electron chi connectivity index (χ0n) is 14.1. The first-order valence-corrected chi connectivity index (χ1v) is 8.01. The van der Waals surface area contributed by atoms with Gasteiger partial charge in [0, 0.05) is 44.4 Å². The molecular weight excluding hydrogens is 292 g/mol. The van der Waals surface area contributed by atoms with Crippen molar-refractivity contribution in [2.45, 2.75) is 25.4 Å². The van der Waals surface area contributed by atoms with Gasteiger partial charge in [0.1, 0.15) is 5.82 Å². The smallest absolute Gasteiger partial charge is 0.223 e. The van der Waals surface area contributed by atoms with Gasteiger partial charge in [-0.25, -0.2) is 9.98 Å². The molecule has 0 saturated carbocycles. The second kappa shape index (κ2) is 6.41. The molecule has 125 valence electrons. The largest absolute Gasteiger partial charge is 0.379 e. The molecular formula is C16H25N6O. The topological polar surface area (TPSA) is 67.0 Å². The molecule has 3 rings (SSSR count). The maximum Gasteiger partial charge on any atom is 0.223 e. The van der Waals surface area contributed by atoms with Crippen LogP contribution in [0.25, 0.3) is 0 Å². The van der Waals surface area contributed by atoms with Gasteiger partial charge in [0.05, 0.1) is 24.9 Å². The molecule has 0 amide bonds. The molecule has 0 spiro atoms. The second-order valence-corrected chi connectivity index (χ2v) is 6.57. The first-order valence-electron chi connectivity index (χ1n) is 8.01. The van der Waals surface area contributed by atoms with Crippen LogP contribution < -0.4 is 5.32 Å². The molecule has 2 atom stereocenters. The van der Waals surface area contributed by atoms with Crippen LogP contribution in [-0.2, 0) is 11.8 Å². The highest BCUT2D eigenvalue weighted by Crippen LogP contribution is 2.29. The Morgan fingerprint density at radius 3 is 2.74 bits per heavy atom. The molecule has 1 saturated heterocycles. The number of aromatic nitrogens is 2. The molecule has 0 aromatic carbocycles. The Bertz CT molecular complexity index is 599. The summed E-state index contributed by atoms with van der Waals surface area (Å²) in [5.74, 6) is 1.65. The van der Waals surface area contributed by atoms with Gasteiger partial charge in [-0.1, -0.05) is 0 Å². The summed E-state index contributed by atoms with van der Waals surface area (Å²) < 4.78 is 7.19. The highest BCUT2D eigenvalue weighted by atomic mass is 16.5. The third-order valence-corrected chi connectivity index (χ3v) is 4.56. The Balaban J connectivity index is 1.71. The standard InChI is InChI=1S/C16H25N6O/c1-12(22-7-9-23-10-8-22)13-11-17-15(20-16(13,2)3)19-14-5-6-18-21(14)4/h5-6,11-13H,1,7-10H2,2-4H3,(H,19,20). The van der Waals surface area contributed by atoms with Crippen molar-refractivity contribution in [1.82, 2.24) is 14.7 Å². The lowest BCUT2D eigenvalue weighted by atomic mass is 9.82. The SMILES string of the molecule is [CH2]C(C1C=NC(Nc2ccnn2C)=NC1(C)C)N1CCOCC1. The minimum Gasteiger partial charge on any atom is -0.379 e. The Hall–Kier alpha value is -1.73. The van der Waals surface area contributed by atoms with Crippen LogP contribution in [0.3, 0.4) is 0 Å². The number of nitrogens with one attached hydrogen (secondary N) is 1. The summed E-state index contributed by atoms with van der Waals surface area (Å²) >= 11 is 0. The van der Waals surface area contributed by atoms with E-state index in [1.54, 1.807) is 10.9 Å². The average molecular weight is 317 g/mol. The van der Waals surface area contributed by atoms with Crippen LogP contribution in [0.2, 0.25) is 0 Å². The number of ether oxygens (including phenoxy) is 1. The number of hydrogen-bond donors (Lipinski definition) is 1. The minimum absolute atomic E-state index is 0.139. The van der Waals surface area contributed by atoms with Crippen molar-refractivity contribution >= 4 is 18.0 Å². The fraction of sp³-hybridized carbons (Fsp3) is 0.625. The molecule has 1 aromatic rings. The lowest BCUT2D eigenvalue weighted by molar-refractivity contribution is 0.0146. The van der Waals surface area contributed by atoms with Gasteiger partial charge in [-0.2, -0.15) is 5.10 Å². The van der Waals surface area contributed by atoms with Gasteiger partial charge in [0.25, 0.3) is 0 Å². The number of morpholine rings is 1. The van der Waals surface area contributed by atoms with E-state index in [9.17, 15) is 0 Å². The van der Waals surface area contributed by atoms with Crippen LogP contribution in [-0.4, -0.2) is 64.7 Å². The molecule has 1 aromatic heterocycles. The van der Waals surface area contributed by atoms with Crippen molar-refractivity contribution in [3.63, 3.8) is 0 Å². The van der Waals surface area contributed by atoms with E-state index in [1.165, 1.54) is 0 Å². The highest BCUT2D eigenvalue weighted by Gasteiger charge is 2.38.